The van der Waals surface area contributed by atoms with E-state index in [2.05, 4.69) is 12.2 Å². The summed E-state index contributed by atoms with van der Waals surface area (Å²) in [6.45, 7) is 0. The number of carbonyl (C=O) groups is 1. The minimum Gasteiger partial charge on any atom is -0.481 e. The van der Waals surface area contributed by atoms with Gasteiger partial charge in [-0.1, -0.05) is 31.4 Å². The Morgan fingerprint density at radius 3 is 2.71 bits per heavy atom. The van der Waals surface area contributed by atoms with Crippen molar-refractivity contribution >= 4 is 5.97 Å². The maximum atomic E-state index is 10.2. The van der Waals surface area contributed by atoms with Crippen LogP contribution in [0, 0.1) is 5.92 Å². The molecule has 0 spiro atoms. The third-order valence-electron chi connectivity index (χ3n) is 2.83. The maximum absolute atomic E-state index is 10.2. The fourth-order valence-corrected chi connectivity index (χ4v) is 1.97. The molecule has 2 nitrogen and oxygen atoms in total. The average molecular weight is 196 g/mol. The second kappa shape index (κ2) is 6.63. The number of carboxylic acid groups (broad SMARTS) is 1. The number of rotatable bonds is 7. The van der Waals surface area contributed by atoms with Gasteiger partial charge in [0.25, 0.3) is 0 Å². The highest BCUT2D eigenvalue weighted by molar-refractivity contribution is 5.66. The Hall–Kier alpha value is -0.790. The van der Waals surface area contributed by atoms with Crippen LogP contribution in [-0.2, 0) is 4.79 Å². The van der Waals surface area contributed by atoms with Crippen LogP contribution in [0.3, 0.4) is 0 Å². The molecule has 0 bridgehead atoms. The van der Waals surface area contributed by atoms with E-state index in [0.29, 0.717) is 6.42 Å². The van der Waals surface area contributed by atoms with Gasteiger partial charge in [0.05, 0.1) is 0 Å². The lowest BCUT2D eigenvalue weighted by molar-refractivity contribution is -0.137. The zero-order chi connectivity index (χ0) is 10.2. The van der Waals surface area contributed by atoms with Crippen molar-refractivity contribution in [1.29, 1.82) is 0 Å². The molecule has 1 N–H and O–H groups in total. The summed E-state index contributed by atoms with van der Waals surface area (Å²) >= 11 is 0. The van der Waals surface area contributed by atoms with Crippen LogP contribution in [0.1, 0.15) is 51.4 Å². The molecule has 0 heterocycles. The Bertz CT molecular complexity index is 196. The van der Waals surface area contributed by atoms with E-state index in [9.17, 15) is 4.79 Å². The number of carboxylic acids is 1. The quantitative estimate of drug-likeness (QED) is 0.500. The highest BCUT2D eigenvalue weighted by atomic mass is 16.4. The van der Waals surface area contributed by atoms with Crippen molar-refractivity contribution < 1.29 is 9.90 Å². The first-order valence-electron chi connectivity index (χ1n) is 5.67. The number of hydrogen-bond acceptors (Lipinski definition) is 1. The molecule has 14 heavy (non-hydrogen) atoms. The first-order chi connectivity index (χ1) is 6.79. The van der Waals surface area contributed by atoms with E-state index in [-0.39, 0.29) is 0 Å². The normalized spacial score (nSPS) is 20.1. The van der Waals surface area contributed by atoms with Crippen molar-refractivity contribution in [3.63, 3.8) is 0 Å². The van der Waals surface area contributed by atoms with E-state index in [0.717, 1.165) is 18.8 Å². The Balaban J connectivity index is 1.84. The summed E-state index contributed by atoms with van der Waals surface area (Å²) < 4.78 is 0. The summed E-state index contributed by atoms with van der Waals surface area (Å²) in [7, 11) is 0. The van der Waals surface area contributed by atoms with Crippen molar-refractivity contribution in [3.8, 4) is 0 Å². The van der Waals surface area contributed by atoms with E-state index >= 15 is 0 Å². The van der Waals surface area contributed by atoms with Gasteiger partial charge in [-0.3, -0.25) is 4.79 Å². The van der Waals surface area contributed by atoms with Crippen LogP contribution >= 0.6 is 0 Å². The zero-order valence-corrected chi connectivity index (χ0v) is 8.74. The van der Waals surface area contributed by atoms with Crippen molar-refractivity contribution in [2.75, 3.05) is 0 Å². The Morgan fingerprint density at radius 1 is 1.29 bits per heavy atom. The van der Waals surface area contributed by atoms with Gasteiger partial charge in [-0.2, -0.15) is 0 Å². The fourth-order valence-electron chi connectivity index (χ4n) is 1.97. The van der Waals surface area contributed by atoms with Crippen molar-refractivity contribution in [3.05, 3.63) is 12.2 Å². The topological polar surface area (TPSA) is 37.3 Å². The molecule has 2 heteroatoms. The van der Waals surface area contributed by atoms with Gasteiger partial charge >= 0.3 is 5.97 Å². The van der Waals surface area contributed by atoms with Crippen LogP contribution in [0.25, 0.3) is 0 Å². The number of unbranched alkanes of at least 4 members (excludes halogenated alkanes) is 3. The third kappa shape index (κ3) is 5.05. The molecule has 0 aromatic rings. The average Bonchev–Trinajstić information content (AvgIpc) is 2.63. The third-order valence-corrected chi connectivity index (χ3v) is 2.83. The van der Waals surface area contributed by atoms with Crippen molar-refractivity contribution in [2.24, 2.45) is 5.92 Å². The molecule has 0 aromatic heterocycles. The van der Waals surface area contributed by atoms with E-state index in [4.69, 9.17) is 5.11 Å². The molecule has 0 aromatic carbocycles. The molecule has 0 aliphatic heterocycles. The van der Waals surface area contributed by atoms with E-state index in [1.54, 1.807) is 0 Å². The van der Waals surface area contributed by atoms with Crippen LogP contribution in [0.5, 0.6) is 0 Å². The Kier molecular flexibility index (Phi) is 5.35. The standard InChI is InChI=1S/C12H20O2/c13-12(14)10-4-2-1-3-7-11-8-5-6-9-11/h5,8,11H,1-4,6-7,9-10H2,(H,13,14)/t11-/m0/s1. The molecule has 1 rings (SSSR count). The second-order valence-corrected chi connectivity index (χ2v) is 4.11. The lowest BCUT2D eigenvalue weighted by atomic mass is 10.0. The molecule has 0 saturated heterocycles. The minimum atomic E-state index is -0.663. The highest BCUT2D eigenvalue weighted by Crippen LogP contribution is 2.22. The monoisotopic (exact) mass is 196 g/mol. The molecule has 0 fully saturated rings. The fraction of sp³-hybridized carbons (Fsp3) is 0.750. The van der Waals surface area contributed by atoms with Gasteiger partial charge in [-0.25, -0.2) is 0 Å². The number of allylic oxidation sites excluding steroid dienone is 2. The zero-order valence-electron chi connectivity index (χ0n) is 8.74. The lowest BCUT2D eigenvalue weighted by Gasteiger charge is -2.06. The molecule has 0 unspecified atom stereocenters. The molecule has 0 saturated carbocycles. The molecule has 1 aliphatic rings. The Labute approximate surface area is 86.0 Å². The minimum absolute atomic E-state index is 0.337. The predicted molar refractivity (Wildman–Crippen MR) is 57.2 cm³/mol. The van der Waals surface area contributed by atoms with Gasteiger partial charge in [0, 0.05) is 6.42 Å². The maximum Gasteiger partial charge on any atom is 0.303 e. The molecular formula is C12H20O2. The van der Waals surface area contributed by atoms with Gasteiger partial charge in [0.2, 0.25) is 0 Å². The van der Waals surface area contributed by atoms with Crippen LogP contribution in [0.15, 0.2) is 12.2 Å². The van der Waals surface area contributed by atoms with Gasteiger partial charge < -0.3 is 5.11 Å². The molecule has 1 aliphatic carbocycles. The molecular weight excluding hydrogens is 176 g/mol. The second-order valence-electron chi connectivity index (χ2n) is 4.11. The van der Waals surface area contributed by atoms with Crippen LogP contribution in [0.2, 0.25) is 0 Å². The van der Waals surface area contributed by atoms with Gasteiger partial charge in [-0.05, 0) is 31.6 Å². The van der Waals surface area contributed by atoms with E-state index < -0.39 is 5.97 Å². The van der Waals surface area contributed by atoms with Crippen LogP contribution in [0.4, 0.5) is 0 Å². The predicted octanol–water partition coefficient (Wildman–Crippen LogP) is 3.38. The smallest absolute Gasteiger partial charge is 0.303 e. The molecule has 1 atom stereocenters. The van der Waals surface area contributed by atoms with Crippen molar-refractivity contribution in [2.45, 2.75) is 51.4 Å². The van der Waals surface area contributed by atoms with Crippen LogP contribution in [-0.4, -0.2) is 11.1 Å². The van der Waals surface area contributed by atoms with E-state index in [1.807, 2.05) is 0 Å². The first kappa shape index (κ1) is 11.3. The van der Waals surface area contributed by atoms with Gasteiger partial charge in [0.1, 0.15) is 0 Å². The summed E-state index contributed by atoms with van der Waals surface area (Å²) in [6.07, 6.45) is 13.2. The summed E-state index contributed by atoms with van der Waals surface area (Å²) in [4.78, 5) is 10.2. The summed E-state index contributed by atoms with van der Waals surface area (Å²) in [5, 5.41) is 8.43. The van der Waals surface area contributed by atoms with Crippen molar-refractivity contribution in [1.82, 2.24) is 0 Å². The SMILES string of the molecule is O=C(O)CCCCCC[C@H]1C=CCC1. The summed E-state index contributed by atoms with van der Waals surface area (Å²) in [5.41, 5.74) is 0. The molecule has 80 valence electrons. The van der Waals surface area contributed by atoms with E-state index in [1.165, 1.54) is 32.1 Å². The summed E-state index contributed by atoms with van der Waals surface area (Å²) in [5.74, 6) is 0.151. The largest absolute Gasteiger partial charge is 0.481 e. The highest BCUT2D eigenvalue weighted by Gasteiger charge is 2.07. The Morgan fingerprint density at radius 2 is 2.07 bits per heavy atom. The summed E-state index contributed by atoms with van der Waals surface area (Å²) in [6, 6.07) is 0. The number of aliphatic carboxylic acids is 1. The lowest BCUT2D eigenvalue weighted by Crippen LogP contribution is -1.94. The first-order valence-corrected chi connectivity index (χ1v) is 5.67. The molecule has 0 radical (unpaired) electrons. The van der Waals surface area contributed by atoms with Gasteiger partial charge in [0.15, 0.2) is 0 Å². The van der Waals surface area contributed by atoms with Gasteiger partial charge in [-0.15, -0.1) is 0 Å². The van der Waals surface area contributed by atoms with Crippen LogP contribution < -0.4 is 0 Å². The molecule has 0 amide bonds. The number of hydrogen-bond donors (Lipinski definition) is 1.